The van der Waals surface area contributed by atoms with E-state index in [1.165, 1.54) is 0 Å². The monoisotopic (exact) mass is 342 g/mol. The summed E-state index contributed by atoms with van der Waals surface area (Å²) in [5.41, 5.74) is 0.695. The number of piperidine rings is 1. The minimum Gasteiger partial charge on any atom is -0.384 e. The Morgan fingerprint density at radius 1 is 1.22 bits per heavy atom. The van der Waals surface area contributed by atoms with Gasteiger partial charge in [-0.25, -0.2) is 13.1 Å². The highest BCUT2D eigenvalue weighted by atomic mass is 32.2. The van der Waals surface area contributed by atoms with Crippen molar-refractivity contribution in [3.63, 3.8) is 0 Å². The molecule has 1 heterocycles. The molecule has 0 atom stereocenters. The Balaban J connectivity index is 2.09. The fourth-order valence-electron chi connectivity index (χ4n) is 2.94. The van der Waals surface area contributed by atoms with E-state index in [2.05, 4.69) is 10.0 Å². The fourth-order valence-corrected chi connectivity index (χ4v) is 4.16. The van der Waals surface area contributed by atoms with Gasteiger partial charge in [-0.2, -0.15) is 0 Å². The maximum Gasteiger partial charge on any atom is 0.240 e. The number of rotatable bonds is 8. The van der Waals surface area contributed by atoms with Crippen LogP contribution in [0.4, 0.5) is 0 Å². The molecule has 0 radical (unpaired) electrons. The largest absolute Gasteiger partial charge is 0.384 e. The lowest BCUT2D eigenvalue weighted by Crippen LogP contribution is -2.47. The molecule has 130 valence electrons. The van der Waals surface area contributed by atoms with Gasteiger partial charge < -0.3 is 14.8 Å². The molecule has 1 aliphatic heterocycles. The molecule has 0 aromatic heterocycles. The Bertz CT molecular complexity index is 592. The first kappa shape index (κ1) is 18.4. The van der Waals surface area contributed by atoms with Gasteiger partial charge >= 0.3 is 0 Å². The van der Waals surface area contributed by atoms with Crippen molar-refractivity contribution in [1.82, 2.24) is 10.0 Å². The Labute approximate surface area is 138 Å². The van der Waals surface area contributed by atoms with Crippen LogP contribution < -0.4 is 10.0 Å². The molecule has 0 saturated carbocycles. The maximum absolute atomic E-state index is 12.6. The number of sulfonamides is 1. The average Bonchev–Trinajstić information content (AvgIpc) is 2.55. The standard InChI is InChI=1S/C16H26N2O4S/c1-21-11-14-4-3-5-15(10-14)23(19,20)18-12-16(13-22-2)6-8-17-9-7-16/h3-5,10,17-18H,6-9,11-13H2,1-2H3. The Morgan fingerprint density at radius 3 is 2.61 bits per heavy atom. The van der Waals surface area contributed by atoms with Crippen LogP contribution in [0.3, 0.4) is 0 Å². The first-order chi connectivity index (χ1) is 11.0. The van der Waals surface area contributed by atoms with E-state index in [1.807, 2.05) is 6.07 Å². The summed E-state index contributed by atoms with van der Waals surface area (Å²) < 4.78 is 38.3. The van der Waals surface area contributed by atoms with Gasteiger partial charge in [0.25, 0.3) is 0 Å². The third-order valence-corrected chi connectivity index (χ3v) is 5.67. The van der Waals surface area contributed by atoms with E-state index in [-0.39, 0.29) is 10.3 Å². The normalized spacial score (nSPS) is 18.0. The number of nitrogens with one attached hydrogen (secondary N) is 2. The zero-order valence-electron chi connectivity index (χ0n) is 13.8. The maximum atomic E-state index is 12.6. The van der Waals surface area contributed by atoms with E-state index in [0.29, 0.717) is 19.8 Å². The van der Waals surface area contributed by atoms with Crippen LogP contribution in [-0.4, -0.2) is 48.9 Å². The summed E-state index contributed by atoms with van der Waals surface area (Å²) in [7, 11) is -0.291. The zero-order chi connectivity index (χ0) is 16.8. The number of hydrogen-bond acceptors (Lipinski definition) is 5. The van der Waals surface area contributed by atoms with Crippen LogP contribution in [0, 0.1) is 5.41 Å². The Morgan fingerprint density at radius 2 is 1.96 bits per heavy atom. The lowest BCUT2D eigenvalue weighted by atomic mass is 9.80. The molecule has 23 heavy (non-hydrogen) atoms. The Hall–Kier alpha value is -0.990. The highest BCUT2D eigenvalue weighted by Gasteiger charge is 2.33. The first-order valence-electron chi connectivity index (χ1n) is 7.79. The predicted molar refractivity (Wildman–Crippen MR) is 88.8 cm³/mol. The lowest BCUT2D eigenvalue weighted by molar-refractivity contribution is 0.0577. The van der Waals surface area contributed by atoms with Crippen molar-refractivity contribution in [3.8, 4) is 0 Å². The van der Waals surface area contributed by atoms with Crippen molar-refractivity contribution in [2.45, 2.75) is 24.3 Å². The SMILES string of the molecule is COCc1cccc(S(=O)(=O)NCC2(COC)CCNCC2)c1. The van der Waals surface area contributed by atoms with Gasteiger partial charge in [-0.05, 0) is 43.6 Å². The van der Waals surface area contributed by atoms with Crippen molar-refractivity contribution < 1.29 is 17.9 Å². The van der Waals surface area contributed by atoms with Gasteiger partial charge in [-0.3, -0.25) is 0 Å². The summed E-state index contributed by atoms with van der Waals surface area (Å²) >= 11 is 0. The molecular weight excluding hydrogens is 316 g/mol. The number of ether oxygens (including phenoxy) is 2. The van der Waals surface area contributed by atoms with Crippen molar-refractivity contribution in [2.24, 2.45) is 5.41 Å². The second-order valence-electron chi connectivity index (χ2n) is 6.09. The van der Waals surface area contributed by atoms with Crippen molar-refractivity contribution in [2.75, 3.05) is 40.5 Å². The molecule has 2 N–H and O–H groups in total. The van der Waals surface area contributed by atoms with E-state index in [9.17, 15) is 8.42 Å². The molecule has 0 spiro atoms. The van der Waals surface area contributed by atoms with Crippen LogP contribution in [0.5, 0.6) is 0 Å². The molecule has 1 aromatic rings. The molecule has 0 aliphatic carbocycles. The van der Waals surface area contributed by atoms with Gasteiger partial charge in [0.2, 0.25) is 10.0 Å². The number of benzene rings is 1. The van der Waals surface area contributed by atoms with Crippen molar-refractivity contribution in [1.29, 1.82) is 0 Å². The average molecular weight is 342 g/mol. The molecule has 0 bridgehead atoms. The summed E-state index contributed by atoms with van der Waals surface area (Å²) in [6.45, 7) is 3.10. The van der Waals surface area contributed by atoms with E-state index in [4.69, 9.17) is 9.47 Å². The molecule has 6 nitrogen and oxygen atoms in total. The van der Waals surface area contributed by atoms with Gasteiger partial charge in [-0.15, -0.1) is 0 Å². The van der Waals surface area contributed by atoms with Gasteiger partial charge in [0.1, 0.15) is 0 Å². The van der Waals surface area contributed by atoms with Gasteiger partial charge in [0.15, 0.2) is 0 Å². The summed E-state index contributed by atoms with van der Waals surface area (Å²) in [5.74, 6) is 0. The highest BCUT2D eigenvalue weighted by Crippen LogP contribution is 2.29. The van der Waals surface area contributed by atoms with Crippen LogP contribution >= 0.6 is 0 Å². The summed E-state index contributed by atoms with van der Waals surface area (Å²) in [6, 6.07) is 6.84. The van der Waals surface area contributed by atoms with Crippen LogP contribution in [0.15, 0.2) is 29.2 Å². The van der Waals surface area contributed by atoms with Crippen molar-refractivity contribution >= 4 is 10.0 Å². The molecule has 1 fully saturated rings. The van der Waals surface area contributed by atoms with Gasteiger partial charge in [0.05, 0.1) is 18.1 Å². The van der Waals surface area contributed by atoms with Gasteiger partial charge in [0, 0.05) is 26.2 Å². The zero-order valence-corrected chi connectivity index (χ0v) is 14.6. The second-order valence-corrected chi connectivity index (χ2v) is 7.85. The molecule has 7 heteroatoms. The molecular formula is C16H26N2O4S. The molecule has 0 unspecified atom stereocenters. The summed E-state index contributed by atoms with van der Waals surface area (Å²) in [4.78, 5) is 0.272. The molecule has 2 rings (SSSR count). The lowest BCUT2D eigenvalue weighted by Gasteiger charge is -2.37. The van der Waals surface area contributed by atoms with Crippen LogP contribution in [-0.2, 0) is 26.1 Å². The second kappa shape index (κ2) is 8.21. The highest BCUT2D eigenvalue weighted by molar-refractivity contribution is 7.89. The predicted octanol–water partition coefficient (Wildman–Crippen LogP) is 1.13. The van der Waals surface area contributed by atoms with Crippen LogP contribution in [0.2, 0.25) is 0 Å². The molecule has 0 amide bonds. The van der Waals surface area contributed by atoms with E-state index >= 15 is 0 Å². The number of methoxy groups -OCH3 is 2. The third-order valence-electron chi connectivity index (χ3n) is 4.27. The molecule has 1 aromatic carbocycles. The minimum atomic E-state index is -3.54. The smallest absolute Gasteiger partial charge is 0.240 e. The Kier molecular flexibility index (Phi) is 6.55. The van der Waals surface area contributed by atoms with E-state index in [0.717, 1.165) is 31.5 Å². The van der Waals surface area contributed by atoms with Gasteiger partial charge in [-0.1, -0.05) is 12.1 Å². The topological polar surface area (TPSA) is 76.7 Å². The van der Waals surface area contributed by atoms with Crippen molar-refractivity contribution in [3.05, 3.63) is 29.8 Å². The van der Waals surface area contributed by atoms with E-state index < -0.39 is 10.0 Å². The summed E-state index contributed by atoms with van der Waals surface area (Å²) in [5, 5.41) is 3.30. The first-order valence-corrected chi connectivity index (χ1v) is 9.27. The molecule has 1 aliphatic rings. The number of hydrogen-bond donors (Lipinski definition) is 2. The van der Waals surface area contributed by atoms with E-state index in [1.54, 1.807) is 32.4 Å². The quantitative estimate of drug-likeness (QED) is 0.741. The van der Waals surface area contributed by atoms with Crippen LogP contribution in [0.25, 0.3) is 0 Å². The van der Waals surface area contributed by atoms with Crippen LogP contribution in [0.1, 0.15) is 18.4 Å². The third kappa shape index (κ3) is 4.99. The fraction of sp³-hybridized carbons (Fsp3) is 0.625. The molecule has 1 saturated heterocycles. The minimum absolute atomic E-state index is 0.142. The summed E-state index contributed by atoms with van der Waals surface area (Å²) in [6.07, 6.45) is 1.79.